The molecule has 0 atom stereocenters. The molecule has 2 aromatic rings. The molecule has 2 heterocycles. The summed E-state index contributed by atoms with van der Waals surface area (Å²) in [7, 11) is 1.64. The van der Waals surface area contributed by atoms with Crippen molar-refractivity contribution in [1.82, 2.24) is 15.3 Å². The highest BCUT2D eigenvalue weighted by atomic mass is 16.5. The van der Waals surface area contributed by atoms with Gasteiger partial charge in [0.05, 0.1) is 7.11 Å². The Labute approximate surface area is 107 Å². The lowest BCUT2D eigenvalue weighted by molar-refractivity contribution is 0.390. The Morgan fingerprint density at radius 2 is 2.00 bits per heavy atom. The molecule has 0 spiro atoms. The largest absolute Gasteiger partial charge is 0.481 e. The van der Waals surface area contributed by atoms with Crippen molar-refractivity contribution >= 4 is 0 Å². The minimum absolute atomic E-state index is 0.683. The van der Waals surface area contributed by atoms with Gasteiger partial charge in [-0.15, -0.1) is 0 Å². The van der Waals surface area contributed by atoms with Gasteiger partial charge in [-0.3, -0.25) is 4.98 Å². The molecule has 0 saturated heterocycles. The van der Waals surface area contributed by atoms with Crippen LogP contribution in [-0.4, -0.2) is 23.6 Å². The van der Waals surface area contributed by atoms with Gasteiger partial charge >= 0.3 is 0 Å². The van der Waals surface area contributed by atoms with E-state index >= 15 is 0 Å². The summed E-state index contributed by atoms with van der Waals surface area (Å²) in [6.07, 6.45) is 4.47. The van der Waals surface area contributed by atoms with E-state index in [1.807, 2.05) is 36.5 Å². The Bertz CT molecular complexity index is 473. The maximum atomic E-state index is 5.20. The minimum atomic E-state index is 0.683. The molecule has 0 bridgehead atoms. The Morgan fingerprint density at radius 1 is 1.11 bits per heavy atom. The molecule has 2 rings (SSSR count). The van der Waals surface area contributed by atoms with E-state index in [1.54, 1.807) is 13.3 Å². The number of methoxy groups -OCH3 is 1. The number of nitrogens with zero attached hydrogens (tertiary/aromatic N) is 2. The lowest BCUT2D eigenvalue weighted by Gasteiger charge is -2.08. The van der Waals surface area contributed by atoms with Crippen LogP contribution in [0.2, 0.25) is 0 Å². The second-order valence-corrected chi connectivity index (χ2v) is 3.92. The maximum Gasteiger partial charge on any atom is 0.217 e. The van der Waals surface area contributed by atoms with Crippen molar-refractivity contribution in [3.63, 3.8) is 0 Å². The highest BCUT2D eigenvalue weighted by molar-refractivity contribution is 5.24. The van der Waals surface area contributed by atoms with E-state index in [-0.39, 0.29) is 0 Å². The third-order valence-corrected chi connectivity index (χ3v) is 2.64. The van der Waals surface area contributed by atoms with Crippen LogP contribution < -0.4 is 10.1 Å². The summed E-state index contributed by atoms with van der Waals surface area (Å²) in [5.74, 6) is 0.683. The molecule has 0 aromatic carbocycles. The molecule has 0 unspecified atom stereocenters. The molecule has 0 aliphatic carbocycles. The zero-order chi connectivity index (χ0) is 12.6. The summed E-state index contributed by atoms with van der Waals surface area (Å²) in [5, 5.41) is 3.36. The summed E-state index contributed by atoms with van der Waals surface area (Å²) in [6, 6.07) is 9.90. The van der Waals surface area contributed by atoms with E-state index in [0.29, 0.717) is 5.88 Å². The minimum Gasteiger partial charge on any atom is -0.481 e. The number of hydrogen-bond acceptors (Lipinski definition) is 4. The molecule has 94 valence electrons. The van der Waals surface area contributed by atoms with Crippen molar-refractivity contribution in [3.8, 4) is 5.88 Å². The van der Waals surface area contributed by atoms with Crippen LogP contribution in [0.15, 0.2) is 42.7 Å². The normalized spacial score (nSPS) is 10.3. The van der Waals surface area contributed by atoms with Crippen molar-refractivity contribution in [3.05, 3.63) is 54.0 Å². The van der Waals surface area contributed by atoms with Crippen molar-refractivity contribution in [2.24, 2.45) is 0 Å². The molecule has 0 amide bonds. The van der Waals surface area contributed by atoms with Gasteiger partial charge in [0.2, 0.25) is 5.88 Å². The summed E-state index contributed by atoms with van der Waals surface area (Å²) < 4.78 is 5.20. The van der Waals surface area contributed by atoms with Crippen LogP contribution in [0.5, 0.6) is 5.88 Å². The topological polar surface area (TPSA) is 47.0 Å². The predicted octanol–water partition coefficient (Wildman–Crippen LogP) is 1.82. The van der Waals surface area contributed by atoms with Gasteiger partial charge in [-0.05, 0) is 18.2 Å². The summed E-state index contributed by atoms with van der Waals surface area (Å²) in [5.41, 5.74) is 2.17. The van der Waals surface area contributed by atoms with Gasteiger partial charge in [-0.1, -0.05) is 12.1 Å². The second-order valence-electron chi connectivity index (χ2n) is 3.92. The van der Waals surface area contributed by atoms with Gasteiger partial charge < -0.3 is 10.1 Å². The van der Waals surface area contributed by atoms with E-state index in [4.69, 9.17) is 4.74 Å². The predicted molar refractivity (Wildman–Crippen MR) is 70.4 cm³/mol. The Morgan fingerprint density at radius 3 is 2.78 bits per heavy atom. The van der Waals surface area contributed by atoms with Gasteiger partial charge in [0, 0.05) is 43.2 Å². The van der Waals surface area contributed by atoms with E-state index < -0.39 is 0 Å². The fraction of sp³-hybridized carbons (Fsp3) is 0.286. The number of ether oxygens (including phenoxy) is 1. The zero-order valence-electron chi connectivity index (χ0n) is 10.5. The first kappa shape index (κ1) is 12.5. The quantitative estimate of drug-likeness (QED) is 0.786. The van der Waals surface area contributed by atoms with E-state index in [0.717, 1.165) is 30.8 Å². The monoisotopic (exact) mass is 243 g/mol. The lowest BCUT2D eigenvalue weighted by Crippen LogP contribution is -2.17. The molecule has 0 aliphatic heterocycles. The standard InChI is InChI=1S/C14H17N3O/c1-18-14-12(5-4-9-17-14)11-15-10-7-13-6-2-3-8-16-13/h2-6,8-9,15H,7,10-11H2,1H3. The molecule has 0 radical (unpaired) electrons. The number of nitrogens with one attached hydrogen (secondary N) is 1. The Balaban J connectivity index is 1.78. The van der Waals surface area contributed by atoms with E-state index in [1.165, 1.54) is 0 Å². The first-order valence-corrected chi connectivity index (χ1v) is 5.98. The van der Waals surface area contributed by atoms with Crippen LogP contribution in [0.1, 0.15) is 11.3 Å². The molecule has 0 fully saturated rings. The van der Waals surface area contributed by atoms with Crippen molar-refractivity contribution < 1.29 is 4.74 Å². The molecular formula is C14H17N3O. The number of aromatic nitrogens is 2. The van der Waals surface area contributed by atoms with Crippen molar-refractivity contribution in [2.75, 3.05) is 13.7 Å². The van der Waals surface area contributed by atoms with Crippen LogP contribution in [-0.2, 0) is 13.0 Å². The smallest absolute Gasteiger partial charge is 0.217 e. The highest BCUT2D eigenvalue weighted by Crippen LogP contribution is 2.12. The third-order valence-electron chi connectivity index (χ3n) is 2.64. The molecule has 4 heteroatoms. The van der Waals surface area contributed by atoms with Crippen molar-refractivity contribution in [1.29, 1.82) is 0 Å². The first-order valence-electron chi connectivity index (χ1n) is 5.98. The molecule has 0 aliphatic rings. The SMILES string of the molecule is COc1ncccc1CNCCc1ccccn1. The molecule has 0 saturated carbocycles. The first-order chi connectivity index (χ1) is 8.90. The zero-order valence-corrected chi connectivity index (χ0v) is 10.5. The van der Waals surface area contributed by atoms with Gasteiger partial charge in [0.15, 0.2) is 0 Å². The second kappa shape index (κ2) is 6.71. The number of rotatable bonds is 6. The fourth-order valence-corrected chi connectivity index (χ4v) is 1.73. The average Bonchev–Trinajstić information content (AvgIpc) is 2.45. The van der Waals surface area contributed by atoms with Crippen LogP contribution in [0.3, 0.4) is 0 Å². The summed E-state index contributed by atoms with van der Waals surface area (Å²) in [4.78, 5) is 8.44. The number of hydrogen-bond donors (Lipinski definition) is 1. The Kier molecular flexibility index (Phi) is 4.67. The third kappa shape index (κ3) is 3.53. The van der Waals surface area contributed by atoms with Crippen LogP contribution in [0, 0.1) is 0 Å². The highest BCUT2D eigenvalue weighted by Gasteiger charge is 2.02. The summed E-state index contributed by atoms with van der Waals surface area (Å²) in [6.45, 7) is 1.64. The molecule has 2 aromatic heterocycles. The van der Waals surface area contributed by atoms with Gasteiger partial charge in [-0.2, -0.15) is 0 Å². The van der Waals surface area contributed by atoms with Crippen LogP contribution >= 0.6 is 0 Å². The van der Waals surface area contributed by atoms with E-state index in [2.05, 4.69) is 15.3 Å². The van der Waals surface area contributed by atoms with Gasteiger partial charge in [0.25, 0.3) is 0 Å². The lowest BCUT2D eigenvalue weighted by atomic mass is 10.2. The van der Waals surface area contributed by atoms with Crippen LogP contribution in [0.25, 0.3) is 0 Å². The maximum absolute atomic E-state index is 5.20. The van der Waals surface area contributed by atoms with Crippen molar-refractivity contribution in [2.45, 2.75) is 13.0 Å². The van der Waals surface area contributed by atoms with Crippen LogP contribution in [0.4, 0.5) is 0 Å². The van der Waals surface area contributed by atoms with E-state index in [9.17, 15) is 0 Å². The van der Waals surface area contributed by atoms with Gasteiger partial charge in [-0.25, -0.2) is 4.98 Å². The molecule has 18 heavy (non-hydrogen) atoms. The molecule has 1 N–H and O–H groups in total. The number of pyridine rings is 2. The molecular weight excluding hydrogens is 226 g/mol. The van der Waals surface area contributed by atoms with Gasteiger partial charge in [0.1, 0.15) is 0 Å². The average molecular weight is 243 g/mol. The fourth-order valence-electron chi connectivity index (χ4n) is 1.73. The summed E-state index contributed by atoms with van der Waals surface area (Å²) >= 11 is 0. The molecule has 4 nitrogen and oxygen atoms in total. The Hall–Kier alpha value is -1.94.